The maximum atomic E-state index is 12.8. The third kappa shape index (κ3) is 4.07. The molecule has 2 aromatic heterocycles. The number of anilines is 1. The monoisotopic (exact) mass is 465 g/mol. The summed E-state index contributed by atoms with van der Waals surface area (Å²) in [6, 6.07) is 1.61. The summed E-state index contributed by atoms with van der Waals surface area (Å²) >= 11 is 0. The van der Waals surface area contributed by atoms with Crippen molar-refractivity contribution in [1.82, 2.24) is 19.4 Å². The van der Waals surface area contributed by atoms with Crippen LogP contribution in [0.15, 0.2) is 18.5 Å². The fourth-order valence-corrected chi connectivity index (χ4v) is 5.82. The van der Waals surface area contributed by atoms with Crippen molar-refractivity contribution in [3.8, 4) is 17.0 Å². The van der Waals surface area contributed by atoms with E-state index in [9.17, 15) is 13.2 Å². The number of morpholine rings is 1. The highest BCUT2D eigenvalue weighted by Gasteiger charge is 2.59. The zero-order chi connectivity index (χ0) is 23.4. The first-order chi connectivity index (χ1) is 15.7. The van der Waals surface area contributed by atoms with Crippen molar-refractivity contribution in [1.29, 1.82) is 0 Å². The van der Waals surface area contributed by atoms with E-state index in [1.165, 1.54) is 25.1 Å². The van der Waals surface area contributed by atoms with Gasteiger partial charge in [-0.2, -0.15) is 0 Å². The van der Waals surface area contributed by atoms with Gasteiger partial charge in [-0.15, -0.1) is 13.2 Å². The molecule has 10 heteroatoms. The van der Waals surface area contributed by atoms with Gasteiger partial charge in [0.05, 0.1) is 18.9 Å². The molecule has 0 aromatic carbocycles. The number of ether oxygens (including phenoxy) is 2. The lowest BCUT2D eigenvalue weighted by molar-refractivity contribution is -0.274. The lowest BCUT2D eigenvalue weighted by Crippen LogP contribution is -2.56. The standard InChI is InChI=1S/C23H30F3N5O2/c1-3-14(2)21-29-17(15-8-19(20(27)28-12-15)33-23(24,25)26)13-31(21)18-11-22(9-16(18)10-22)30-4-6-32-7-5-30/h8,12-14,16,18H,3-7,9-11H2,1-2H3,(H2,27,28). The SMILES string of the molecule is CCC(C)c1nc(-c2cnc(N)c(OC(F)(F)F)c2)cn1C1CC2(N3CCOCC3)CC1C2. The van der Waals surface area contributed by atoms with Crippen LogP contribution in [0.2, 0.25) is 0 Å². The lowest BCUT2D eigenvalue weighted by Gasteiger charge is -2.49. The molecule has 1 saturated heterocycles. The minimum atomic E-state index is -4.84. The maximum absolute atomic E-state index is 12.8. The van der Waals surface area contributed by atoms with E-state index in [1.807, 2.05) is 6.20 Å². The number of hydrogen-bond donors (Lipinski definition) is 1. The molecule has 2 unspecified atom stereocenters. The smallest absolute Gasteiger partial charge is 0.402 e. The molecule has 3 saturated carbocycles. The summed E-state index contributed by atoms with van der Waals surface area (Å²) in [6.07, 6.45) is 2.94. The van der Waals surface area contributed by atoms with Crippen molar-refractivity contribution in [2.24, 2.45) is 5.92 Å². The molecule has 0 spiro atoms. The Morgan fingerprint density at radius 1 is 1.27 bits per heavy atom. The molecule has 7 nitrogen and oxygen atoms in total. The molecular weight excluding hydrogens is 435 g/mol. The van der Waals surface area contributed by atoms with E-state index in [-0.39, 0.29) is 17.3 Å². The van der Waals surface area contributed by atoms with Crippen molar-refractivity contribution < 1.29 is 22.6 Å². The lowest BCUT2D eigenvalue weighted by atomic mass is 9.75. The van der Waals surface area contributed by atoms with Crippen molar-refractivity contribution in [2.75, 3.05) is 32.0 Å². The van der Waals surface area contributed by atoms with Gasteiger partial charge in [-0.05, 0) is 37.7 Å². The molecule has 2 bridgehead atoms. The van der Waals surface area contributed by atoms with Crippen molar-refractivity contribution in [3.63, 3.8) is 0 Å². The quantitative estimate of drug-likeness (QED) is 0.683. The van der Waals surface area contributed by atoms with Crippen LogP contribution in [0.1, 0.15) is 57.3 Å². The van der Waals surface area contributed by atoms with Gasteiger partial charge >= 0.3 is 6.36 Å². The number of imidazole rings is 1. The van der Waals surface area contributed by atoms with Gasteiger partial charge < -0.3 is 19.8 Å². The Labute approximate surface area is 191 Å². The molecule has 2 aromatic rings. The van der Waals surface area contributed by atoms with Gasteiger partial charge in [-0.1, -0.05) is 13.8 Å². The highest BCUT2D eigenvalue weighted by molar-refractivity contribution is 5.64. The van der Waals surface area contributed by atoms with Gasteiger partial charge in [0.1, 0.15) is 5.82 Å². The van der Waals surface area contributed by atoms with Crippen LogP contribution in [0, 0.1) is 5.92 Å². The molecule has 3 aliphatic carbocycles. The molecule has 6 rings (SSSR count). The van der Waals surface area contributed by atoms with Crippen LogP contribution < -0.4 is 10.5 Å². The summed E-state index contributed by atoms with van der Waals surface area (Å²) in [5.41, 5.74) is 6.91. The third-order valence-corrected chi connectivity index (χ3v) is 7.67. The van der Waals surface area contributed by atoms with Crippen LogP contribution in [-0.4, -0.2) is 57.6 Å². The van der Waals surface area contributed by atoms with Crippen LogP contribution in [0.5, 0.6) is 5.75 Å². The summed E-state index contributed by atoms with van der Waals surface area (Å²) in [4.78, 5) is 11.4. The Bertz CT molecular complexity index is 1010. The number of nitrogens with two attached hydrogens (primary N) is 1. The number of fused-ring (bicyclic) bond motifs is 1. The Morgan fingerprint density at radius 2 is 2.00 bits per heavy atom. The first kappa shape index (κ1) is 22.5. The second-order valence-corrected chi connectivity index (χ2v) is 9.62. The Morgan fingerprint density at radius 3 is 2.67 bits per heavy atom. The number of hydrogen-bond acceptors (Lipinski definition) is 6. The van der Waals surface area contributed by atoms with Crippen LogP contribution >= 0.6 is 0 Å². The highest BCUT2D eigenvalue weighted by Crippen LogP contribution is 2.61. The number of nitrogens with zero attached hydrogens (tertiary/aromatic N) is 4. The molecule has 3 heterocycles. The van der Waals surface area contributed by atoms with Crippen molar-refractivity contribution in [3.05, 3.63) is 24.3 Å². The topological polar surface area (TPSA) is 78.4 Å². The summed E-state index contributed by atoms with van der Waals surface area (Å²) in [5.74, 6) is 0.975. The number of aromatic nitrogens is 3. The van der Waals surface area contributed by atoms with Gasteiger partial charge in [-0.25, -0.2) is 9.97 Å². The predicted molar refractivity (Wildman–Crippen MR) is 117 cm³/mol. The maximum Gasteiger partial charge on any atom is 0.573 e. The zero-order valence-corrected chi connectivity index (χ0v) is 18.9. The average molecular weight is 466 g/mol. The molecule has 0 amide bonds. The zero-order valence-electron chi connectivity index (χ0n) is 18.9. The van der Waals surface area contributed by atoms with Crippen molar-refractivity contribution in [2.45, 2.75) is 63.4 Å². The van der Waals surface area contributed by atoms with Crippen LogP contribution in [0.3, 0.4) is 0 Å². The highest BCUT2D eigenvalue weighted by atomic mass is 19.4. The predicted octanol–water partition coefficient (Wildman–Crippen LogP) is 4.37. The van der Waals surface area contributed by atoms with Gasteiger partial charge in [-0.3, -0.25) is 4.90 Å². The van der Waals surface area contributed by atoms with Crippen LogP contribution in [0.25, 0.3) is 11.3 Å². The van der Waals surface area contributed by atoms with E-state index in [2.05, 4.69) is 33.0 Å². The number of rotatable bonds is 6. The summed E-state index contributed by atoms with van der Waals surface area (Å²) in [5, 5.41) is 0. The second-order valence-electron chi connectivity index (χ2n) is 9.62. The number of nitrogen functional groups attached to an aromatic ring is 1. The van der Waals surface area contributed by atoms with Gasteiger partial charge in [0.15, 0.2) is 11.6 Å². The van der Waals surface area contributed by atoms with E-state index < -0.39 is 12.1 Å². The molecule has 2 N–H and O–H groups in total. The first-order valence-electron chi connectivity index (χ1n) is 11.6. The normalized spacial score (nSPS) is 28.5. The van der Waals surface area contributed by atoms with Gasteiger partial charge in [0, 0.05) is 48.5 Å². The second kappa shape index (κ2) is 8.16. The molecule has 2 atom stereocenters. The fraction of sp³-hybridized carbons (Fsp3) is 0.652. The minimum Gasteiger partial charge on any atom is -0.402 e. The number of alkyl halides is 3. The molecular formula is C23H30F3N5O2. The van der Waals surface area contributed by atoms with E-state index in [4.69, 9.17) is 15.5 Å². The third-order valence-electron chi connectivity index (χ3n) is 7.67. The Balaban J connectivity index is 1.46. The molecule has 33 heavy (non-hydrogen) atoms. The summed E-state index contributed by atoms with van der Waals surface area (Å²) in [7, 11) is 0. The fourth-order valence-electron chi connectivity index (χ4n) is 5.82. The van der Waals surface area contributed by atoms with E-state index in [0.717, 1.165) is 45.0 Å². The molecule has 180 valence electrons. The molecule has 1 aliphatic heterocycles. The van der Waals surface area contributed by atoms with Crippen molar-refractivity contribution >= 4 is 5.82 Å². The van der Waals surface area contributed by atoms with E-state index >= 15 is 0 Å². The van der Waals surface area contributed by atoms with Crippen LogP contribution in [0.4, 0.5) is 19.0 Å². The average Bonchev–Trinajstić information content (AvgIpc) is 3.45. The van der Waals surface area contributed by atoms with E-state index in [1.54, 1.807) is 0 Å². The minimum absolute atomic E-state index is 0.225. The molecule has 4 aliphatic rings. The Hall–Kier alpha value is -2.33. The number of pyridine rings is 1. The van der Waals surface area contributed by atoms with Crippen LogP contribution in [-0.2, 0) is 4.74 Å². The van der Waals surface area contributed by atoms with Gasteiger partial charge in [0.2, 0.25) is 0 Å². The molecule has 4 fully saturated rings. The Kier molecular flexibility index (Phi) is 5.55. The van der Waals surface area contributed by atoms with Gasteiger partial charge in [0.25, 0.3) is 0 Å². The largest absolute Gasteiger partial charge is 0.573 e. The summed E-state index contributed by atoms with van der Waals surface area (Å²) in [6.45, 7) is 7.79. The first-order valence-corrected chi connectivity index (χ1v) is 11.6. The summed E-state index contributed by atoms with van der Waals surface area (Å²) < 4.78 is 50.2. The van der Waals surface area contributed by atoms with E-state index in [0.29, 0.717) is 23.2 Å². The molecule has 0 radical (unpaired) electrons. The number of halogens is 3.